The summed E-state index contributed by atoms with van der Waals surface area (Å²) in [7, 11) is 1.57. The van der Waals surface area contributed by atoms with Gasteiger partial charge in [-0.05, 0) is 6.07 Å². The van der Waals surface area contributed by atoms with Gasteiger partial charge in [0, 0.05) is 19.7 Å². The van der Waals surface area contributed by atoms with Crippen LogP contribution in [0.15, 0.2) is 37.2 Å². The summed E-state index contributed by atoms with van der Waals surface area (Å²) in [5.74, 6) is -0.296. The highest BCUT2D eigenvalue weighted by Gasteiger charge is 2.11. The van der Waals surface area contributed by atoms with Gasteiger partial charge in [0.25, 0.3) is 11.8 Å². The van der Waals surface area contributed by atoms with Crippen molar-refractivity contribution in [2.24, 2.45) is 0 Å². The fraction of sp³-hybridized carbons (Fsp3) is 0.250. The molecule has 0 fully saturated rings. The Hall–Kier alpha value is -2.17. The molecule has 0 aliphatic rings. The molecule has 0 saturated carbocycles. The third-order valence-corrected chi connectivity index (χ3v) is 2.12. The number of carbonyl (C=O) groups is 2. The van der Waals surface area contributed by atoms with E-state index in [1.807, 2.05) is 0 Å². The second-order valence-corrected chi connectivity index (χ2v) is 3.44. The molecule has 1 rings (SSSR count). The molecule has 0 bridgehead atoms. The molecule has 0 saturated heterocycles. The van der Waals surface area contributed by atoms with E-state index < -0.39 is 0 Å². The van der Waals surface area contributed by atoms with Crippen molar-refractivity contribution in [1.82, 2.24) is 10.6 Å². The number of rotatable bonds is 5. The molecule has 0 unspecified atom stereocenters. The first-order chi connectivity index (χ1) is 8.17. The highest BCUT2D eigenvalue weighted by atomic mass is 16.2. The molecule has 0 aromatic carbocycles. The van der Waals surface area contributed by atoms with Gasteiger partial charge in [-0.1, -0.05) is 6.08 Å². The van der Waals surface area contributed by atoms with Gasteiger partial charge in [0.15, 0.2) is 12.4 Å². The Morgan fingerprint density at radius 2 is 2.29 bits per heavy atom. The first-order valence-electron chi connectivity index (χ1n) is 5.26. The monoisotopic (exact) mass is 234 g/mol. The third kappa shape index (κ3) is 4.06. The Morgan fingerprint density at radius 3 is 2.94 bits per heavy atom. The zero-order valence-electron chi connectivity index (χ0n) is 9.77. The molecule has 0 aliphatic heterocycles. The van der Waals surface area contributed by atoms with Crippen molar-refractivity contribution in [3.8, 4) is 0 Å². The zero-order valence-corrected chi connectivity index (χ0v) is 9.77. The summed E-state index contributed by atoms with van der Waals surface area (Å²) in [5.41, 5.74) is 0.520. The molecule has 1 aromatic rings. The van der Waals surface area contributed by atoms with E-state index in [0.29, 0.717) is 12.1 Å². The fourth-order valence-corrected chi connectivity index (χ4v) is 1.31. The van der Waals surface area contributed by atoms with Crippen LogP contribution in [0.1, 0.15) is 10.4 Å². The number of amides is 2. The van der Waals surface area contributed by atoms with Crippen LogP contribution in [0, 0.1) is 0 Å². The maximum absolute atomic E-state index is 11.4. The second kappa shape index (κ2) is 6.42. The number of nitrogens with zero attached hydrogens (tertiary/aromatic N) is 1. The van der Waals surface area contributed by atoms with Gasteiger partial charge in [-0.3, -0.25) is 9.59 Å². The van der Waals surface area contributed by atoms with Gasteiger partial charge in [0.2, 0.25) is 6.54 Å². The van der Waals surface area contributed by atoms with Crippen molar-refractivity contribution < 1.29 is 14.2 Å². The summed E-state index contributed by atoms with van der Waals surface area (Å²) in [6, 6.07) is 3.42. The topological polar surface area (TPSA) is 62.1 Å². The highest BCUT2D eigenvalue weighted by molar-refractivity contribution is 5.93. The smallest absolute Gasteiger partial charge is 0.286 e. The number of nitrogens with one attached hydrogen (secondary N) is 2. The van der Waals surface area contributed by atoms with Gasteiger partial charge in [0.1, 0.15) is 5.56 Å². The first-order valence-corrected chi connectivity index (χ1v) is 5.26. The standard InChI is InChI=1S/C12H15N3O2/c1-3-6-14-11(16)9-15-7-4-5-10(8-15)12(17)13-2/h3-5,7-8H,1,6,9H2,2H3,(H-,13,14,16,17)/p+1. The van der Waals surface area contributed by atoms with Crippen molar-refractivity contribution in [2.75, 3.05) is 13.6 Å². The van der Waals surface area contributed by atoms with Crippen LogP contribution in [0.5, 0.6) is 0 Å². The number of pyridine rings is 1. The molecule has 90 valence electrons. The predicted octanol–water partition coefficient (Wildman–Crippen LogP) is -0.364. The lowest BCUT2D eigenvalue weighted by molar-refractivity contribution is -0.684. The van der Waals surface area contributed by atoms with E-state index >= 15 is 0 Å². The normalized spacial score (nSPS) is 9.47. The minimum atomic E-state index is -0.175. The van der Waals surface area contributed by atoms with Gasteiger partial charge >= 0.3 is 0 Å². The van der Waals surface area contributed by atoms with Crippen LogP contribution in [-0.2, 0) is 11.3 Å². The Kier molecular flexibility index (Phi) is 4.87. The van der Waals surface area contributed by atoms with Crippen molar-refractivity contribution in [1.29, 1.82) is 0 Å². The van der Waals surface area contributed by atoms with Gasteiger partial charge in [-0.2, -0.15) is 4.57 Å². The van der Waals surface area contributed by atoms with Crippen molar-refractivity contribution in [2.45, 2.75) is 6.54 Å². The van der Waals surface area contributed by atoms with E-state index in [0.717, 1.165) is 0 Å². The van der Waals surface area contributed by atoms with Crippen molar-refractivity contribution in [3.63, 3.8) is 0 Å². The minimum Gasteiger partial charge on any atom is -0.355 e. The largest absolute Gasteiger partial charge is 0.355 e. The van der Waals surface area contributed by atoms with Gasteiger partial charge in [-0.15, -0.1) is 6.58 Å². The predicted molar refractivity (Wildman–Crippen MR) is 63.2 cm³/mol. The lowest BCUT2D eigenvalue weighted by atomic mass is 10.2. The quantitative estimate of drug-likeness (QED) is 0.539. The molecule has 0 atom stereocenters. The van der Waals surface area contributed by atoms with Crippen LogP contribution in [0.2, 0.25) is 0 Å². The summed E-state index contributed by atoms with van der Waals surface area (Å²) >= 11 is 0. The minimum absolute atomic E-state index is 0.121. The van der Waals surface area contributed by atoms with E-state index in [4.69, 9.17) is 0 Å². The van der Waals surface area contributed by atoms with E-state index in [2.05, 4.69) is 17.2 Å². The van der Waals surface area contributed by atoms with Crippen LogP contribution in [0.25, 0.3) is 0 Å². The summed E-state index contributed by atoms with van der Waals surface area (Å²) < 4.78 is 1.66. The summed E-state index contributed by atoms with van der Waals surface area (Å²) in [4.78, 5) is 22.8. The molecule has 0 radical (unpaired) electrons. The molecular formula is C12H16N3O2+. The van der Waals surface area contributed by atoms with Crippen LogP contribution in [0.4, 0.5) is 0 Å². The van der Waals surface area contributed by atoms with Gasteiger partial charge in [-0.25, -0.2) is 0 Å². The van der Waals surface area contributed by atoms with Crippen LogP contribution >= 0.6 is 0 Å². The van der Waals surface area contributed by atoms with Gasteiger partial charge in [0.05, 0.1) is 0 Å². The molecule has 1 aromatic heterocycles. The van der Waals surface area contributed by atoms with E-state index in [9.17, 15) is 9.59 Å². The maximum Gasteiger partial charge on any atom is 0.286 e. The molecule has 1 heterocycles. The summed E-state index contributed by atoms with van der Waals surface area (Å²) in [6.07, 6.45) is 4.98. The molecule has 0 spiro atoms. The zero-order chi connectivity index (χ0) is 12.7. The molecule has 2 N–H and O–H groups in total. The molecule has 5 nitrogen and oxygen atoms in total. The Morgan fingerprint density at radius 1 is 1.53 bits per heavy atom. The van der Waals surface area contributed by atoms with E-state index in [1.165, 1.54) is 0 Å². The molecule has 17 heavy (non-hydrogen) atoms. The summed E-state index contributed by atoms with van der Waals surface area (Å²) in [6.45, 7) is 4.13. The van der Waals surface area contributed by atoms with Crippen molar-refractivity contribution in [3.05, 3.63) is 42.7 Å². The number of hydrogen-bond acceptors (Lipinski definition) is 2. The Balaban J connectivity index is 2.68. The van der Waals surface area contributed by atoms with Crippen LogP contribution in [-0.4, -0.2) is 25.4 Å². The highest BCUT2D eigenvalue weighted by Crippen LogP contribution is 1.93. The fourth-order valence-electron chi connectivity index (χ4n) is 1.31. The maximum atomic E-state index is 11.4. The molecule has 5 heteroatoms. The number of hydrogen-bond donors (Lipinski definition) is 2. The van der Waals surface area contributed by atoms with E-state index in [1.54, 1.807) is 42.2 Å². The van der Waals surface area contributed by atoms with Crippen LogP contribution < -0.4 is 15.2 Å². The van der Waals surface area contributed by atoms with Crippen molar-refractivity contribution >= 4 is 11.8 Å². The van der Waals surface area contributed by atoms with Gasteiger partial charge < -0.3 is 10.6 Å². The molecular weight excluding hydrogens is 218 g/mol. The molecule has 0 aliphatic carbocycles. The average Bonchev–Trinajstić information content (AvgIpc) is 2.35. The molecule has 2 amide bonds. The number of carbonyl (C=O) groups excluding carboxylic acids is 2. The third-order valence-electron chi connectivity index (χ3n) is 2.12. The average molecular weight is 234 g/mol. The number of aromatic nitrogens is 1. The lowest BCUT2D eigenvalue weighted by Gasteiger charge is -2.01. The lowest BCUT2D eigenvalue weighted by Crippen LogP contribution is -2.43. The first kappa shape index (κ1) is 12.9. The second-order valence-electron chi connectivity index (χ2n) is 3.44. The Bertz CT molecular complexity index is 430. The van der Waals surface area contributed by atoms with E-state index in [-0.39, 0.29) is 18.4 Å². The SMILES string of the molecule is C=CCNC(=O)C[n+]1cccc(C(=O)NC)c1. The summed E-state index contributed by atoms with van der Waals surface area (Å²) in [5, 5.41) is 5.20. The van der Waals surface area contributed by atoms with Crippen LogP contribution in [0.3, 0.4) is 0 Å². The Labute approximate surface area is 100 Å².